The van der Waals surface area contributed by atoms with E-state index in [2.05, 4.69) is 15.9 Å². The van der Waals surface area contributed by atoms with Crippen LogP contribution < -0.4 is 4.18 Å². The fourth-order valence-corrected chi connectivity index (χ4v) is 1.82. The van der Waals surface area contributed by atoms with E-state index in [4.69, 9.17) is 4.18 Å². The van der Waals surface area contributed by atoms with E-state index in [1.165, 1.54) is 19.1 Å². The van der Waals surface area contributed by atoms with Crippen molar-refractivity contribution in [3.05, 3.63) is 28.2 Å². The second-order valence-corrected chi connectivity index (χ2v) is 5.47. The normalized spacial score (nSPS) is 11.1. The topological polar surface area (TPSA) is 60.4 Å². The molecule has 1 rings (SSSR count). The van der Waals surface area contributed by atoms with Gasteiger partial charge < -0.3 is 4.18 Å². The van der Waals surface area contributed by atoms with Crippen molar-refractivity contribution < 1.29 is 17.4 Å². The largest absolute Gasteiger partial charge is 0.382 e. The minimum atomic E-state index is -3.62. The lowest BCUT2D eigenvalue weighted by atomic mass is 10.1. The van der Waals surface area contributed by atoms with Gasteiger partial charge in [-0.1, -0.05) is 15.9 Å². The monoisotopic (exact) mass is 292 g/mol. The summed E-state index contributed by atoms with van der Waals surface area (Å²) in [6.07, 6.45) is 0.928. The predicted molar refractivity (Wildman–Crippen MR) is 59.6 cm³/mol. The highest BCUT2D eigenvalue weighted by Crippen LogP contribution is 2.25. The summed E-state index contributed by atoms with van der Waals surface area (Å²) in [6, 6.07) is 4.59. The number of carbonyl (C=O) groups is 1. The van der Waals surface area contributed by atoms with Crippen molar-refractivity contribution in [1.82, 2.24) is 0 Å². The van der Waals surface area contributed by atoms with Crippen LogP contribution in [0.4, 0.5) is 0 Å². The van der Waals surface area contributed by atoms with Crippen molar-refractivity contribution in [3.8, 4) is 5.75 Å². The zero-order valence-corrected chi connectivity index (χ0v) is 10.6. The zero-order valence-electron chi connectivity index (χ0n) is 8.15. The maximum Gasteiger partial charge on any atom is 0.306 e. The molecule has 0 N–H and O–H groups in total. The van der Waals surface area contributed by atoms with Crippen LogP contribution in [0.25, 0.3) is 0 Å². The van der Waals surface area contributed by atoms with Crippen LogP contribution in [0.15, 0.2) is 22.7 Å². The summed E-state index contributed by atoms with van der Waals surface area (Å²) in [5.41, 5.74) is 0.239. The molecule has 0 fully saturated rings. The van der Waals surface area contributed by atoms with E-state index in [1.54, 1.807) is 6.07 Å². The Morgan fingerprint density at radius 2 is 2.00 bits per heavy atom. The zero-order chi connectivity index (χ0) is 11.6. The van der Waals surface area contributed by atoms with Crippen molar-refractivity contribution in [2.75, 3.05) is 6.26 Å². The molecule has 0 aliphatic heterocycles. The summed E-state index contributed by atoms with van der Waals surface area (Å²) < 4.78 is 27.2. The molecule has 4 nitrogen and oxygen atoms in total. The lowest BCUT2D eigenvalue weighted by Gasteiger charge is -2.07. The molecule has 0 heterocycles. The van der Waals surface area contributed by atoms with E-state index < -0.39 is 10.1 Å². The minimum Gasteiger partial charge on any atom is -0.382 e. The van der Waals surface area contributed by atoms with Gasteiger partial charge >= 0.3 is 10.1 Å². The van der Waals surface area contributed by atoms with Gasteiger partial charge in [0.1, 0.15) is 0 Å². The van der Waals surface area contributed by atoms with Crippen LogP contribution in [-0.2, 0) is 10.1 Å². The molecular weight excluding hydrogens is 284 g/mol. The first-order valence-electron chi connectivity index (χ1n) is 3.99. The summed E-state index contributed by atoms with van der Waals surface area (Å²) in [5, 5.41) is 0. The molecule has 82 valence electrons. The van der Waals surface area contributed by atoms with Crippen molar-refractivity contribution in [3.63, 3.8) is 0 Å². The number of hydrogen-bond donors (Lipinski definition) is 0. The SMILES string of the molecule is CC(=O)c1ccc(Br)cc1OS(C)(=O)=O. The number of benzene rings is 1. The quantitative estimate of drug-likeness (QED) is 0.631. The van der Waals surface area contributed by atoms with Crippen LogP contribution in [0.3, 0.4) is 0 Å². The molecule has 15 heavy (non-hydrogen) atoms. The smallest absolute Gasteiger partial charge is 0.306 e. The van der Waals surface area contributed by atoms with Gasteiger partial charge in [0.15, 0.2) is 11.5 Å². The minimum absolute atomic E-state index is 0.0411. The van der Waals surface area contributed by atoms with Crippen LogP contribution in [0.1, 0.15) is 17.3 Å². The molecule has 0 aromatic heterocycles. The Bertz CT molecular complexity index is 493. The molecule has 1 aromatic carbocycles. The van der Waals surface area contributed by atoms with Crippen LogP contribution in [0.2, 0.25) is 0 Å². The van der Waals surface area contributed by atoms with Gasteiger partial charge in [-0.05, 0) is 25.1 Å². The Kier molecular flexibility index (Phi) is 3.51. The molecule has 0 spiro atoms. The van der Waals surface area contributed by atoms with Crippen molar-refractivity contribution in [2.24, 2.45) is 0 Å². The van der Waals surface area contributed by atoms with Gasteiger partial charge in [0.05, 0.1) is 11.8 Å². The fourth-order valence-electron chi connectivity index (χ4n) is 1.02. The maximum atomic E-state index is 11.2. The average molecular weight is 293 g/mol. The molecule has 0 bridgehead atoms. The number of Topliss-reactive ketones (excluding diaryl/α,β-unsaturated/α-hetero) is 1. The molecule has 0 aliphatic rings. The number of ketones is 1. The molecule has 0 saturated carbocycles. The van der Waals surface area contributed by atoms with Crippen LogP contribution in [0.5, 0.6) is 5.75 Å². The first-order valence-corrected chi connectivity index (χ1v) is 6.60. The standard InChI is InChI=1S/C9H9BrO4S/c1-6(11)8-4-3-7(10)5-9(8)14-15(2,12)13/h3-5H,1-2H3. The van der Waals surface area contributed by atoms with Gasteiger partial charge in [-0.3, -0.25) is 4.79 Å². The van der Waals surface area contributed by atoms with Gasteiger partial charge in [-0.2, -0.15) is 8.42 Å². The van der Waals surface area contributed by atoms with Crippen LogP contribution in [0, 0.1) is 0 Å². The van der Waals surface area contributed by atoms with Crippen LogP contribution >= 0.6 is 15.9 Å². The molecule has 0 unspecified atom stereocenters. The molecule has 0 atom stereocenters. The summed E-state index contributed by atoms with van der Waals surface area (Å²) >= 11 is 3.17. The number of halogens is 1. The first-order chi connectivity index (χ1) is 6.79. The van der Waals surface area contributed by atoms with Gasteiger partial charge in [-0.25, -0.2) is 0 Å². The Labute approximate surface area is 96.5 Å². The highest BCUT2D eigenvalue weighted by molar-refractivity contribution is 9.10. The van der Waals surface area contributed by atoms with Crippen molar-refractivity contribution in [2.45, 2.75) is 6.92 Å². The molecule has 0 amide bonds. The van der Waals surface area contributed by atoms with Gasteiger partial charge in [0, 0.05) is 4.47 Å². The lowest BCUT2D eigenvalue weighted by molar-refractivity contribution is 0.101. The number of rotatable bonds is 3. The Morgan fingerprint density at radius 1 is 1.40 bits per heavy atom. The van der Waals surface area contributed by atoms with Crippen molar-refractivity contribution in [1.29, 1.82) is 0 Å². The molecule has 0 saturated heterocycles. The molecule has 1 aromatic rings. The van der Waals surface area contributed by atoms with E-state index in [-0.39, 0.29) is 17.1 Å². The lowest BCUT2D eigenvalue weighted by Crippen LogP contribution is -2.08. The van der Waals surface area contributed by atoms with E-state index in [9.17, 15) is 13.2 Å². The molecular formula is C9H9BrO4S. The predicted octanol–water partition coefficient (Wildman–Crippen LogP) is 1.99. The third-order valence-electron chi connectivity index (χ3n) is 1.56. The highest BCUT2D eigenvalue weighted by Gasteiger charge is 2.13. The Hall–Kier alpha value is -0.880. The van der Waals surface area contributed by atoms with Gasteiger partial charge in [-0.15, -0.1) is 0 Å². The van der Waals surface area contributed by atoms with Crippen LogP contribution in [-0.4, -0.2) is 20.5 Å². The first kappa shape index (κ1) is 12.2. The summed E-state index contributed by atoms with van der Waals surface area (Å²) in [7, 11) is -3.62. The Morgan fingerprint density at radius 3 is 2.47 bits per heavy atom. The third-order valence-corrected chi connectivity index (χ3v) is 2.54. The van der Waals surface area contributed by atoms with Gasteiger partial charge in [0.25, 0.3) is 0 Å². The molecule has 6 heteroatoms. The third kappa shape index (κ3) is 3.64. The number of carbonyl (C=O) groups excluding carboxylic acids is 1. The fraction of sp³-hybridized carbons (Fsp3) is 0.222. The number of hydrogen-bond acceptors (Lipinski definition) is 4. The van der Waals surface area contributed by atoms with E-state index >= 15 is 0 Å². The van der Waals surface area contributed by atoms with E-state index in [1.807, 2.05) is 0 Å². The second-order valence-electron chi connectivity index (χ2n) is 2.98. The van der Waals surface area contributed by atoms with Crippen molar-refractivity contribution >= 4 is 31.8 Å². The molecule has 0 radical (unpaired) electrons. The Balaban J connectivity index is 3.25. The maximum absolute atomic E-state index is 11.2. The van der Waals surface area contributed by atoms with Gasteiger partial charge in [0.2, 0.25) is 0 Å². The second kappa shape index (κ2) is 4.32. The summed E-state index contributed by atoms with van der Waals surface area (Å²) in [6.45, 7) is 1.35. The average Bonchev–Trinajstić information content (AvgIpc) is 1.99. The highest BCUT2D eigenvalue weighted by atomic mass is 79.9. The summed E-state index contributed by atoms with van der Waals surface area (Å²) in [4.78, 5) is 11.2. The summed E-state index contributed by atoms with van der Waals surface area (Å²) in [5.74, 6) is -0.208. The molecule has 0 aliphatic carbocycles. The van der Waals surface area contributed by atoms with E-state index in [0.717, 1.165) is 6.26 Å². The van der Waals surface area contributed by atoms with E-state index in [0.29, 0.717) is 4.47 Å².